The van der Waals surface area contributed by atoms with Crippen LogP contribution in [0.1, 0.15) is 36.9 Å². The number of carbonyl (C=O) groups is 3. The summed E-state index contributed by atoms with van der Waals surface area (Å²) in [7, 11) is 0. The molecule has 3 N–H and O–H groups in total. The van der Waals surface area contributed by atoms with Crippen molar-refractivity contribution in [3.8, 4) is 5.75 Å². The molecule has 1 aromatic carbocycles. The Balaban J connectivity index is 2.00. The van der Waals surface area contributed by atoms with E-state index in [-0.39, 0.29) is 12.5 Å². The number of carboxylic acids is 1. The number of ether oxygens (including phenoxy) is 1. The molecule has 0 saturated carbocycles. The number of aliphatic carboxylic acids is 1. The number of carboxylic acid groups (broad SMARTS) is 1. The highest BCUT2D eigenvalue weighted by molar-refractivity contribution is 5.88. The molecule has 1 heterocycles. The third-order valence-corrected chi connectivity index (χ3v) is 3.52. The highest BCUT2D eigenvalue weighted by atomic mass is 16.5. The smallest absolute Gasteiger partial charge is 0.330 e. The fraction of sp³-hybridized carbons (Fsp3) is 0.438. The lowest BCUT2D eigenvalue weighted by atomic mass is 10.0. The number of fused-ring (bicyclic) bond motifs is 1. The minimum Gasteiger partial charge on any atom is -0.493 e. The molecule has 1 aliphatic heterocycles. The van der Waals surface area contributed by atoms with Crippen molar-refractivity contribution >= 4 is 17.8 Å². The second-order valence-corrected chi connectivity index (χ2v) is 5.33. The average molecular weight is 320 g/mol. The van der Waals surface area contributed by atoms with E-state index in [4.69, 9.17) is 4.74 Å². The first kappa shape index (κ1) is 16.8. The molecule has 2 amide bonds. The van der Waals surface area contributed by atoms with Crippen LogP contribution >= 0.6 is 0 Å². The van der Waals surface area contributed by atoms with Gasteiger partial charge in [0, 0.05) is 12.8 Å². The molecule has 124 valence electrons. The summed E-state index contributed by atoms with van der Waals surface area (Å²) in [6.45, 7) is 2.20. The van der Waals surface area contributed by atoms with Gasteiger partial charge in [0.15, 0.2) is 6.04 Å². The number of rotatable bonds is 7. The van der Waals surface area contributed by atoms with Crippen LogP contribution in [0.15, 0.2) is 18.2 Å². The molecule has 1 unspecified atom stereocenters. The summed E-state index contributed by atoms with van der Waals surface area (Å²) in [6.07, 6.45) is 1.74. The Kier molecular flexibility index (Phi) is 5.56. The Morgan fingerprint density at radius 2 is 2.09 bits per heavy atom. The van der Waals surface area contributed by atoms with E-state index in [0.29, 0.717) is 25.0 Å². The second-order valence-electron chi connectivity index (χ2n) is 5.33. The van der Waals surface area contributed by atoms with Crippen LogP contribution in [0.2, 0.25) is 0 Å². The fourth-order valence-corrected chi connectivity index (χ4v) is 2.38. The normalized spacial score (nSPS) is 13.6. The summed E-state index contributed by atoms with van der Waals surface area (Å²) < 4.78 is 5.38. The highest BCUT2D eigenvalue weighted by Gasteiger charge is 2.24. The molecular weight excluding hydrogens is 300 g/mol. The van der Waals surface area contributed by atoms with Gasteiger partial charge in [0.1, 0.15) is 5.75 Å². The lowest BCUT2D eigenvalue weighted by Crippen LogP contribution is -2.40. The average Bonchev–Trinajstić information content (AvgIpc) is 2.98. The Morgan fingerprint density at radius 3 is 2.78 bits per heavy atom. The summed E-state index contributed by atoms with van der Waals surface area (Å²) >= 11 is 0. The van der Waals surface area contributed by atoms with Crippen molar-refractivity contribution in [1.82, 2.24) is 10.6 Å². The van der Waals surface area contributed by atoms with Gasteiger partial charge in [-0.1, -0.05) is 13.0 Å². The van der Waals surface area contributed by atoms with Crippen LogP contribution in [-0.4, -0.2) is 36.0 Å². The van der Waals surface area contributed by atoms with Crippen molar-refractivity contribution in [3.63, 3.8) is 0 Å². The molecule has 0 fully saturated rings. The third kappa shape index (κ3) is 4.45. The zero-order chi connectivity index (χ0) is 16.8. The van der Waals surface area contributed by atoms with Crippen molar-refractivity contribution in [3.05, 3.63) is 29.3 Å². The summed E-state index contributed by atoms with van der Waals surface area (Å²) in [5.41, 5.74) is 1.41. The molecule has 0 bridgehead atoms. The lowest BCUT2D eigenvalue weighted by Gasteiger charge is -2.16. The van der Waals surface area contributed by atoms with E-state index in [1.165, 1.54) is 0 Å². The first-order valence-corrected chi connectivity index (χ1v) is 7.55. The van der Waals surface area contributed by atoms with Gasteiger partial charge in [-0.2, -0.15) is 0 Å². The van der Waals surface area contributed by atoms with E-state index in [0.717, 1.165) is 17.7 Å². The van der Waals surface area contributed by atoms with Gasteiger partial charge < -0.3 is 20.5 Å². The summed E-state index contributed by atoms with van der Waals surface area (Å²) in [4.78, 5) is 34.6. The van der Waals surface area contributed by atoms with E-state index in [1.54, 1.807) is 18.2 Å². The molecule has 1 aromatic rings. The number of carbonyl (C=O) groups excluding carboxylic acids is 2. The maximum atomic E-state index is 11.9. The number of amides is 2. The highest BCUT2D eigenvalue weighted by Crippen LogP contribution is 2.28. The van der Waals surface area contributed by atoms with Gasteiger partial charge in [-0.3, -0.25) is 9.59 Å². The first-order valence-electron chi connectivity index (χ1n) is 7.55. The molecule has 0 aromatic heterocycles. The second kappa shape index (κ2) is 7.62. The molecular formula is C16H20N2O5. The summed E-state index contributed by atoms with van der Waals surface area (Å²) in [5.74, 6) is -1.18. The van der Waals surface area contributed by atoms with Crippen molar-refractivity contribution in [2.24, 2.45) is 0 Å². The quantitative estimate of drug-likeness (QED) is 0.688. The Bertz CT molecular complexity index is 614. The monoisotopic (exact) mass is 320 g/mol. The van der Waals surface area contributed by atoms with Gasteiger partial charge in [-0.05, 0) is 29.7 Å². The van der Waals surface area contributed by atoms with E-state index in [2.05, 4.69) is 10.6 Å². The summed E-state index contributed by atoms with van der Waals surface area (Å²) in [6, 6.07) is 3.91. The SMILES string of the molecule is CCCC(=O)NCC(=O)NC(C(=O)O)c1ccc2c(c1)CCO2. The molecule has 1 aliphatic rings. The molecule has 7 nitrogen and oxygen atoms in total. The van der Waals surface area contributed by atoms with E-state index in [9.17, 15) is 19.5 Å². The molecule has 0 spiro atoms. The lowest BCUT2D eigenvalue weighted by molar-refractivity contribution is -0.141. The van der Waals surface area contributed by atoms with E-state index in [1.807, 2.05) is 6.92 Å². The van der Waals surface area contributed by atoms with Crippen LogP contribution in [0.5, 0.6) is 5.75 Å². The maximum absolute atomic E-state index is 11.9. The Morgan fingerprint density at radius 1 is 1.30 bits per heavy atom. The molecule has 1 atom stereocenters. The van der Waals surface area contributed by atoms with Gasteiger partial charge >= 0.3 is 5.97 Å². The van der Waals surface area contributed by atoms with Crippen molar-refractivity contribution < 1.29 is 24.2 Å². The fourth-order valence-electron chi connectivity index (χ4n) is 2.38. The number of hydrogen-bond acceptors (Lipinski definition) is 4. The van der Waals surface area contributed by atoms with E-state index >= 15 is 0 Å². The Labute approximate surface area is 134 Å². The largest absolute Gasteiger partial charge is 0.493 e. The van der Waals surface area contributed by atoms with Crippen LogP contribution in [-0.2, 0) is 20.8 Å². The van der Waals surface area contributed by atoms with Gasteiger partial charge in [-0.25, -0.2) is 4.79 Å². The van der Waals surface area contributed by atoms with Crippen molar-refractivity contribution in [1.29, 1.82) is 0 Å². The molecule has 23 heavy (non-hydrogen) atoms. The zero-order valence-corrected chi connectivity index (χ0v) is 12.9. The van der Waals surface area contributed by atoms with Crippen LogP contribution < -0.4 is 15.4 Å². The minimum absolute atomic E-state index is 0.232. The molecule has 0 aliphatic carbocycles. The summed E-state index contributed by atoms with van der Waals surface area (Å²) in [5, 5.41) is 14.2. The van der Waals surface area contributed by atoms with Crippen molar-refractivity contribution in [2.75, 3.05) is 13.2 Å². The maximum Gasteiger partial charge on any atom is 0.330 e. The van der Waals surface area contributed by atoms with Crippen LogP contribution in [0, 0.1) is 0 Å². The predicted octanol–water partition coefficient (Wildman–Crippen LogP) is 0.780. The molecule has 7 heteroatoms. The minimum atomic E-state index is -1.16. The number of benzene rings is 1. The Hall–Kier alpha value is -2.57. The van der Waals surface area contributed by atoms with Crippen LogP contribution in [0.3, 0.4) is 0 Å². The van der Waals surface area contributed by atoms with Gasteiger partial charge in [0.2, 0.25) is 11.8 Å². The zero-order valence-electron chi connectivity index (χ0n) is 12.9. The molecule has 0 saturated heterocycles. The molecule has 2 rings (SSSR count). The number of nitrogens with one attached hydrogen (secondary N) is 2. The van der Waals surface area contributed by atoms with Gasteiger partial charge in [-0.15, -0.1) is 0 Å². The van der Waals surface area contributed by atoms with E-state index < -0.39 is 17.9 Å². The van der Waals surface area contributed by atoms with Crippen LogP contribution in [0.25, 0.3) is 0 Å². The standard InChI is InChI=1S/C16H20N2O5/c1-2-3-13(19)17-9-14(20)18-15(16(21)22)11-4-5-12-10(8-11)6-7-23-12/h4-5,8,15H,2-3,6-7,9H2,1H3,(H,17,19)(H,18,20)(H,21,22). The molecule has 0 radical (unpaired) electrons. The predicted molar refractivity (Wildman–Crippen MR) is 82.1 cm³/mol. The van der Waals surface area contributed by atoms with Gasteiger partial charge in [0.05, 0.1) is 13.2 Å². The van der Waals surface area contributed by atoms with Crippen molar-refractivity contribution in [2.45, 2.75) is 32.2 Å². The first-order chi connectivity index (χ1) is 11.0. The van der Waals surface area contributed by atoms with Crippen LogP contribution in [0.4, 0.5) is 0 Å². The topological polar surface area (TPSA) is 105 Å². The third-order valence-electron chi connectivity index (χ3n) is 3.52. The van der Waals surface area contributed by atoms with Gasteiger partial charge in [0.25, 0.3) is 0 Å². The number of hydrogen-bond donors (Lipinski definition) is 3.